The predicted molar refractivity (Wildman–Crippen MR) is 87.3 cm³/mol. The van der Waals surface area contributed by atoms with Gasteiger partial charge in [0.15, 0.2) is 0 Å². The molecule has 1 heterocycles. The van der Waals surface area contributed by atoms with Crippen LogP contribution in [-0.4, -0.2) is 37.0 Å². The second kappa shape index (κ2) is 7.60. The molecule has 2 rings (SSSR count). The van der Waals surface area contributed by atoms with Gasteiger partial charge < -0.3 is 10.2 Å². The molecule has 0 radical (unpaired) electrons. The van der Waals surface area contributed by atoms with Crippen molar-refractivity contribution in [2.45, 2.75) is 45.6 Å². The van der Waals surface area contributed by atoms with E-state index < -0.39 is 0 Å². The Labute approximate surface area is 128 Å². The zero-order chi connectivity index (χ0) is 15.2. The van der Waals surface area contributed by atoms with Crippen molar-refractivity contribution in [3.63, 3.8) is 0 Å². The summed E-state index contributed by atoms with van der Waals surface area (Å²) >= 11 is 0. The van der Waals surface area contributed by atoms with Gasteiger partial charge in [-0.2, -0.15) is 0 Å². The van der Waals surface area contributed by atoms with Crippen LogP contribution in [0.5, 0.6) is 0 Å². The minimum absolute atomic E-state index is 0.310. The van der Waals surface area contributed by atoms with E-state index in [1.54, 1.807) is 0 Å². The number of carbonyl (C=O) groups is 1. The summed E-state index contributed by atoms with van der Waals surface area (Å²) in [6.45, 7) is 6.12. The van der Waals surface area contributed by atoms with Gasteiger partial charge in [-0.25, -0.2) is 0 Å². The van der Waals surface area contributed by atoms with Gasteiger partial charge in [0.2, 0.25) is 5.91 Å². The molecule has 0 saturated carbocycles. The van der Waals surface area contributed by atoms with Crippen LogP contribution in [0.25, 0.3) is 0 Å². The standard InChI is InChI=1S/C18H28N2O/c1-4-16-13-20(11-10-17(16)19-3)18(21)9-8-15-7-5-6-14(2)12-15/h5-7,12,16-17,19H,4,8-11,13H2,1-3H3. The van der Waals surface area contributed by atoms with Gasteiger partial charge in [0.25, 0.3) is 0 Å². The van der Waals surface area contributed by atoms with Crippen LogP contribution in [0.15, 0.2) is 24.3 Å². The van der Waals surface area contributed by atoms with Crippen molar-refractivity contribution in [3.8, 4) is 0 Å². The Morgan fingerprint density at radius 3 is 2.90 bits per heavy atom. The highest BCUT2D eigenvalue weighted by molar-refractivity contribution is 5.76. The van der Waals surface area contributed by atoms with E-state index in [4.69, 9.17) is 0 Å². The number of amides is 1. The fourth-order valence-electron chi connectivity index (χ4n) is 3.33. The summed E-state index contributed by atoms with van der Waals surface area (Å²) in [4.78, 5) is 14.5. The summed E-state index contributed by atoms with van der Waals surface area (Å²) in [7, 11) is 2.03. The molecule has 1 aromatic rings. The van der Waals surface area contributed by atoms with Crippen LogP contribution in [0.3, 0.4) is 0 Å². The summed E-state index contributed by atoms with van der Waals surface area (Å²) in [6, 6.07) is 9.02. The van der Waals surface area contributed by atoms with Gasteiger partial charge in [0, 0.05) is 25.6 Å². The van der Waals surface area contributed by atoms with Crippen molar-refractivity contribution in [2.75, 3.05) is 20.1 Å². The third kappa shape index (κ3) is 4.31. The molecular weight excluding hydrogens is 260 g/mol. The van der Waals surface area contributed by atoms with Crippen LogP contribution in [0.4, 0.5) is 0 Å². The van der Waals surface area contributed by atoms with E-state index in [0.29, 0.717) is 24.3 Å². The highest BCUT2D eigenvalue weighted by Gasteiger charge is 2.28. The van der Waals surface area contributed by atoms with E-state index in [9.17, 15) is 4.79 Å². The van der Waals surface area contributed by atoms with Gasteiger partial charge in [-0.1, -0.05) is 43.2 Å². The van der Waals surface area contributed by atoms with Crippen LogP contribution in [-0.2, 0) is 11.2 Å². The van der Waals surface area contributed by atoms with Gasteiger partial charge in [-0.15, -0.1) is 0 Å². The lowest BCUT2D eigenvalue weighted by molar-refractivity contribution is -0.133. The minimum Gasteiger partial charge on any atom is -0.342 e. The molecule has 0 bridgehead atoms. The first kappa shape index (κ1) is 16.0. The van der Waals surface area contributed by atoms with Crippen LogP contribution < -0.4 is 5.32 Å². The van der Waals surface area contributed by atoms with Gasteiger partial charge in [0.05, 0.1) is 0 Å². The molecule has 1 aliphatic heterocycles. The highest BCUT2D eigenvalue weighted by atomic mass is 16.2. The zero-order valence-electron chi connectivity index (χ0n) is 13.6. The maximum atomic E-state index is 12.4. The fourth-order valence-corrected chi connectivity index (χ4v) is 3.33. The van der Waals surface area contributed by atoms with Gasteiger partial charge in [-0.3, -0.25) is 4.79 Å². The number of piperidine rings is 1. The summed E-state index contributed by atoms with van der Waals surface area (Å²) in [5.41, 5.74) is 2.53. The second-order valence-electron chi connectivity index (χ2n) is 6.18. The van der Waals surface area contributed by atoms with Gasteiger partial charge in [-0.05, 0) is 38.3 Å². The maximum absolute atomic E-state index is 12.4. The number of likely N-dealkylation sites (tertiary alicyclic amines) is 1. The highest BCUT2D eigenvalue weighted by Crippen LogP contribution is 2.21. The van der Waals surface area contributed by atoms with Gasteiger partial charge >= 0.3 is 0 Å². The SMILES string of the molecule is CCC1CN(C(=O)CCc2cccc(C)c2)CCC1NC. The van der Waals surface area contributed by atoms with E-state index in [0.717, 1.165) is 32.4 Å². The number of rotatable bonds is 5. The molecule has 1 aromatic carbocycles. The molecule has 0 spiro atoms. The van der Waals surface area contributed by atoms with Crippen molar-refractivity contribution in [3.05, 3.63) is 35.4 Å². The van der Waals surface area contributed by atoms with Crippen molar-refractivity contribution < 1.29 is 4.79 Å². The molecular formula is C18H28N2O. The van der Waals surface area contributed by atoms with Crippen LogP contribution in [0.2, 0.25) is 0 Å². The number of carbonyl (C=O) groups excluding carboxylic acids is 1. The Hall–Kier alpha value is -1.35. The number of nitrogens with zero attached hydrogens (tertiary/aromatic N) is 1. The average Bonchev–Trinajstić information content (AvgIpc) is 2.52. The van der Waals surface area contributed by atoms with Crippen molar-refractivity contribution in [1.82, 2.24) is 10.2 Å². The first-order chi connectivity index (χ1) is 10.1. The van der Waals surface area contributed by atoms with Crippen LogP contribution in [0.1, 0.15) is 37.3 Å². The zero-order valence-corrected chi connectivity index (χ0v) is 13.6. The summed E-state index contributed by atoms with van der Waals surface area (Å²) in [6.07, 6.45) is 3.69. The molecule has 1 aliphatic rings. The van der Waals surface area contributed by atoms with E-state index in [-0.39, 0.29) is 0 Å². The van der Waals surface area contributed by atoms with Crippen LogP contribution in [0, 0.1) is 12.8 Å². The molecule has 0 aromatic heterocycles. The number of hydrogen-bond acceptors (Lipinski definition) is 2. The van der Waals surface area contributed by atoms with E-state index in [2.05, 4.69) is 48.3 Å². The molecule has 116 valence electrons. The Bertz CT molecular complexity index is 472. The third-order valence-corrected chi connectivity index (χ3v) is 4.69. The Morgan fingerprint density at radius 1 is 1.43 bits per heavy atom. The first-order valence-corrected chi connectivity index (χ1v) is 8.14. The quantitative estimate of drug-likeness (QED) is 0.903. The summed E-state index contributed by atoms with van der Waals surface area (Å²) < 4.78 is 0. The second-order valence-corrected chi connectivity index (χ2v) is 6.18. The Kier molecular flexibility index (Phi) is 5.80. The predicted octanol–water partition coefficient (Wildman–Crippen LogP) is 2.77. The normalized spacial score (nSPS) is 22.3. The molecule has 2 atom stereocenters. The largest absolute Gasteiger partial charge is 0.342 e. The maximum Gasteiger partial charge on any atom is 0.222 e. The number of hydrogen-bond donors (Lipinski definition) is 1. The third-order valence-electron chi connectivity index (χ3n) is 4.69. The van der Waals surface area contributed by atoms with Crippen molar-refractivity contribution in [1.29, 1.82) is 0 Å². The van der Waals surface area contributed by atoms with Crippen molar-refractivity contribution >= 4 is 5.91 Å². The smallest absolute Gasteiger partial charge is 0.222 e. The molecule has 1 saturated heterocycles. The lowest BCUT2D eigenvalue weighted by Crippen LogP contribution is -2.50. The fraction of sp³-hybridized carbons (Fsp3) is 0.611. The molecule has 2 unspecified atom stereocenters. The minimum atomic E-state index is 0.310. The van der Waals surface area contributed by atoms with Crippen molar-refractivity contribution in [2.24, 2.45) is 5.92 Å². The Balaban J connectivity index is 1.86. The molecule has 1 N–H and O–H groups in total. The monoisotopic (exact) mass is 288 g/mol. The summed E-state index contributed by atoms with van der Waals surface area (Å²) in [5.74, 6) is 0.899. The lowest BCUT2D eigenvalue weighted by Gasteiger charge is -2.38. The van der Waals surface area contributed by atoms with Crippen LogP contribution >= 0.6 is 0 Å². The van der Waals surface area contributed by atoms with E-state index in [1.165, 1.54) is 11.1 Å². The average molecular weight is 288 g/mol. The first-order valence-electron chi connectivity index (χ1n) is 8.14. The molecule has 3 nitrogen and oxygen atoms in total. The van der Waals surface area contributed by atoms with Gasteiger partial charge in [0.1, 0.15) is 0 Å². The lowest BCUT2D eigenvalue weighted by atomic mass is 9.90. The topological polar surface area (TPSA) is 32.3 Å². The number of nitrogens with one attached hydrogen (secondary N) is 1. The number of benzene rings is 1. The Morgan fingerprint density at radius 2 is 2.24 bits per heavy atom. The molecule has 3 heteroatoms. The molecule has 0 aliphatic carbocycles. The summed E-state index contributed by atoms with van der Waals surface area (Å²) in [5, 5.41) is 3.39. The molecule has 21 heavy (non-hydrogen) atoms. The number of aryl methyl sites for hydroxylation is 2. The molecule has 1 fully saturated rings. The van der Waals surface area contributed by atoms with E-state index in [1.807, 2.05) is 7.05 Å². The molecule has 1 amide bonds. The van der Waals surface area contributed by atoms with E-state index >= 15 is 0 Å².